The highest BCUT2D eigenvalue weighted by atomic mass is 35.5. The molecule has 0 saturated carbocycles. The van der Waals surface area contributed by atoms with Crippen molar-refractivity contribution in [2.75, 3.05) is 19.7 Å². The van der Waals surface area contributed by atoms with Gasteiger partial charge in [-0.05, 0) is 50.1 Å². The van der Waals surface area contributed by atoms with Gasteiger partial charge in [0.05, 0.1) is 28.0 Å². The van der Waals surface area contributed by atoms with E-state index in [2.05, 4.69) is 10.2 Å². The van der Waals surface area contributed by atoms with Gasteiger partial charge in [0.1, 0.15) is 0 Å². The molecule has 3 aromatic rings. The minimum absolute atomic E-state index is 0.0749. The average molecular weight is 476 g/mol. The standard InChI is InChI=1S/C22H22ClN3O5S/c1-2-30-22(27)16-10-12-26(13-11-16)32(28,29)17-8-9-19(23)18(14-17)21-25-24-20(31-21)15-6-4-3-5-7-15/h3-9,14,16H,2,10-13H2,1H3. The van der Waals surface area contributed by atoms with Crippen molar-refractivity contribution in [3.63, 3.8) is 0 Å². The SMILES string of the molecule is CCOC(=O)C1CCN(S(=O)(=O)c2ccc(Cl)c(-c3nnc(-c4ccccc4)o3)c2)CC1. The minimum atomic E-state index is -3.78. The zero-order valence-corrected chi connectivity index (χ0v) is 19.0. The van der Waals surface area contributed by atoms with Gasteiger partial charge in [0.15, 0.2) is 0 Å². The number of carbonyl (C=O) groups is 1. The number of hydrogen-bond donors (Lipinski definition) is 0. The smallest absolute Gasteiger partial charge is 0.309 e. The van der Waals surface area contributed by atoms with Crippen molar-refractivity contribution < 1.29 is 22.4 Å². The van der Waals surface area contributed by atoms with Gasteiger partial charge in [-0.3, -0.25) is 4.79 Å². The first-order valence-electron chi connectivity index (χ1n) is 10.3. The fourth-order valence-electron chi connectivity index (χ4n) is 3.60. The third kappa shape index (κ3) is 4.55. The molecule has 8 nitrogen and oxygen atoms in total. The Morgan fingerprint density at radius 2 is 1.81 bits per heavy atom. The molecule has 2 aromatic carbocycles. The van der Waals surface area contributed by atoms with Gasteiger partial charge in [0.2, 0.25) is 21.8 Å². The lowest BCUT2D eigenvalue weighted by Crippen LogP contribution is -2.40. The number of sulfonamides is 1. The maximum absolute atomic E-state index is 13.2. The summed E-state index contributed by atoms with van der Waals surface area (Å²) in [6.07, 6.45) is 0.839. The molecular weight excluding hydrogens is 454 g/mol. The van der Waals surface area contributed by atoms with E-state index in [9.17, 15) is 13.2 Å². The summed E-state index contributed by atoms with van der Waals surface area (Å²) in [7, 11) is -3.78. The molecule has 0 aliphatic carbocycles. The van der Waals surface area contributed by atoms with Crippen LogP contribution in [0.5, 0.6) is 0 Å². The number of nitrogens with zero attached hydrogens (tertiary/aromatic N) is 3. The molecule has 10 heteroatoms. The second kappa shape index (κ2) is 9.40. The summed E-state index contributed by atoms with van der Waals surface area (Å²) in [6, 6.07) is 13.6. The largest absolute Gasteiger partial charge is 0.466 e. The van der Waals surface area contributed by atoms with E-state index in [1.165, 1.54) is 22.5 Å². The average Bonchev–Trinajstić information content (AvgIpc) is 3.30. The van der Waals surface area contributed by atoms with E-state index in [1.54, 1.807) is 6.92 Å². The number of aromatic nitrogens is 2. The van der Waals surface area contributed by atoms with Gasteiger partial charge < -0.3 is 9.15 Å². The molecule has 0 bridgehead atoms. The van der Waals surface area contributed by atoms with Crippen LogP contribution in [0, 0.1) is 5.92 Å². The highest BCUT2D eigenvalue weighted by molar-refractivity contribution is 7.89. The molecule has 1 aromatic heterocycles. The van der Waals surface area contributed by atoms with Crippen molar-refractivity contribution in [3.8, 4) is 22.9 Å². The van der Waals surface area contributed by atoms with E-state index in [-0.39, 0.29) is 35.8 Å². The van der Waals surface area contributed by atoms with Crippen LogP contribution in [0.15, 0.2) is 57.8 Å². The van der Waals surface area contributed by atoms with Crippen molar-refractivity contribution in [1.29, 1.82) is 0 Å². The van der Waals surface area contributed by atoms with Gasteiger partial charge in [-0.15, -0.1) is 10.2 Å². The van der Waals surface area contributed by atoms with Crippen LogP contribution in [0.2, 0.25) is 5.02 Å². The first kappa shape index (κ1) is 22.4. The molecule has 168 valence electrons. The summed E-state index contributed by atoms with van der Waals surface area (Å²) < 4.78 is 38.6. The molecular formula is C22H22ClN3O5S. The zero-order chi connectivity index (χ0) is 22.7. The molecule has 0 spiro atoms. The van der Waals surface area contributed by atoms with E-state index in [0.29, 0.717) is 35.9 Å². The van der Waals surface area contributed by atoms with Gasteiger partial charge in [0.25, 0.3) is 0 Å². The lowest BCUT2D eigenvalue weighted by Gasteiger charge is -2.30. The number of benzene rings is 2. The Balaban J connectivity index is 1.56. The number of piperidine rings is 1. The van der Waals surface area contributed by atoms with E-state index < -0.39 is 10.0 Å². The van der Waals surface area contributed by atoms with Crippen molar-refractivity contribution >= 4 is 27.6 Å². The lowest BCUT2D eigenvalue weighted by molar-refractivity contribution is -0.149. The van der Waals surface area contributed by atoms with Crippen LogP contribution in [0.3, 0.4) is 0 Å². The second-order valence-corrected chi connectivity index (χ2v) is 9.70. The molecule has 4 rings (SSSR count). The van der Waals surface area contributed by atoms with E-state index in [4.69, 9.17) is 20.8 Å². The zero-order valence-electron chi connectivity index (χ0n) is 17.4. The number of halogens is 1. The lowest BCUT2D eigenvalue weighted by atomic mass is 9.98. The fourth-order valence-corrected chi connectivity index (χ4v) is 5.29. The third-order valence-corrected chi connectivity index (χ3v) is 7.55. The Kier molecular flexibility index (Phi) is 6.59. The normalized spacial score (nSPS) is 15.6. The predicted octanol–water partition coefficient (Wildman–Crippen LogP) is 4.02. The van der Waals surface area contributed by atoms with Gasteiger partial charge in [0, 0.05) is 18.7 Å². The van der Waals surface area contributed by atoms with Crippen LogP contribution < -0.4 is 0 Å². The highest BCUT2D eigenvalue weighted by Gasteiger charge is 2.33. The van der Waals surface area contributed by atoms with E-state index >= 15 is 0 Å². The summed E-state index contributed by atoms with van der Waals surface area (Å²) in [5.41, 5.74) is 1.08. The Hall–Kier alpha value is -2.75. The maximum Gasteiger partial charge on any atom is 0.309 e. The first-order valence-corrected chi connectivity index (χ1v) is 12.1. The molecule has 0 radical (unpaired) electrons. The molecule has 0 amide bonds. The summed E-state index contributed by atoms with van der Waals surface area (Å²) in [4.78, 5) is 12.0. The van der Waals surface area contributed by atoms with E-state index in [1.807, 2.05) is 30.3 Å². The topological polar surface area (TPSA) is 103 Å². The fraction of sp³-hybridized carbons (Fsp3) is 0.318. The molecule has 0 atom stereocenters. The maximum atomic E-state index is 13.2. The van der Waals surface area contributed by atoms with E-state index in [0.717, 1.165) is 5.56 Å². The highest BCUT2D eigenvalue weighted by Crippen LogP contribution is 2.33. The molecule has 0 unspecified atom stereocenters. The summed E-state index contributed by atoms with van der Waals surface area (Å²) in [5, 5.41) is 8.39. The number of esters is 1. The Bertz CT molecular complexity index is 1210. The number of rotatable bonds is 6. The molecule has 1 aliphatic heterocycles. The summed E-state index contributed by atoms with van der Waals surface area (Å²) >= 11 is 6.32. The molecule has 1 aliphatic rings. The van der Waals surface area contributed by atoms with Crippen molar-refractivity contribution in [3.05, 3.63) is 53.6 Å². The molecule has 1 saturated heterocycles. The minimum Gasteiger partial charge on any atom is -0.466 e. The van der Waals surface area contributed by atoms with Gasteiger partial charge in [-0.2, -0.15) is 4.31 Å². The second-order valence-electron chi connectivity index (χ2n) is 7.35. The Morgan fingerprint density at radius 3 is 2.50 bits per heavy atom. The van der Waals surface area contributed by atoms with Gasteiger partial charge >= 0.3 is 5.97 Å². The van der Waals surface area contributed by atoms with Crippen molar-refractivity contribution in [2.24, 2.45) is 5.92 Å². The van der Waals surface area contributed by atoms with Crippen LogP contribution in [0.1, 0.15) is 19.8 Å². The van der Waals surface area contributed by atoms with Crippen LogP contribution in [0.4, 0.5) is 0 Å². The quantitative estimate of drug-likeness (QED) is 0.496. The van der Waals surface area contributed by atoms with Crippen molar-refractivity contribution in [1.82, 2.24) is 14.5 Å². The summed E-state index contributed by atoms with van der Waals surface area (Å²) in [6.45, 7) is 2.54. The molecule has 1 fully saturated rings. The predicted molar refractivity (Wildman–Crippen MR) is 118 cm³/mol. The number of carbonyl (C=O) groups excluding carboxylic acids is 1. The number of hydrogen-bond acceptors (Lipinski definition) is 7. The molecule has 0 N–H and O–H groups in total. The monoisotopic (exact) mass is 475 g/mol. The van der Waals surface area contributed by atoms with Crippen molar-refractivity contribution in [2.45, 2.75) is 24.7 Å². The Labute approximate surface area is 191 Å². The molecule has 32 heavy (non-hydrogen) atoms. The third-order valence-electron chi connectivity index (χ3n) is 5.33. The number of ether oxygens (including phenoxy) is 1. The Morgan fingerprint density at radius 1 is 1.12 bits per heavy atom. The summed E-state index contributed by atoms with van der Waals surface area (Å²) in [5.74, 6) is -0.112. The molecule has 2 heterocycles. The van der Waals surface area contributed by atoms with Crippen LogP contribution in [-0.4, -0.2) is 48.6 Å². The van der Waals surface area contributed by atoms with Crippen LogP contribution in [0.25, 0.3) is 22.9 Å². The van der Waals surface area contributed by atoms with Crippen LogP contribution in [-0.2, 0) is 19.6 Å². The van der Waals surface area contributed by atoms with Gasteiger partial charge in [-0.25, -0.2) is 8.42 Å². The van der Waals surface area contributed by atoms with Crippen LogP contribution >= 0.6 is 11.6 Å². The first-order chi connectivity index (χ1) is 15.4. The van der Waals surface area contributed by atoms with Gasteiger partial charge in [-0.1, -0.05) is 29.8 Å².